The quantitative estimate of drug-likeness (QED) is 0.745. The number of methoxy groups -OCH3 is 2. The van der Waals surface area contributed by atoms with Crippen molar-refractivity contribution in [2.45, 2.75) is 19.0 Å². The smallest absolute Gasteiger partial charge is 0.254 e. The Labute approximate surface area is 157 Å². The fourth-order valence-electron chi connectivity index (χ4n) is 3.81. The van der Waals surface area contributed by atoms with E-state index in [9.17, 15) is 9.90 Å². The van der Waals surface area contributed by atoms with Crippen LogP contribution in [0.1, 0.15) is 21.6 Å². The number of benzene rings is 2. The van der Waals surface area contributed by atoms with Crippen LogP contribution in [0.15, 0.2) is 42.5 Å². The second kappa shape index (κ2) is 6.96. The van der Waals surface area contributed by atoms with E-state index in [1.165, 1.54) is 5.56 Å². The second-order valence-corrected chi connectivity index (χ2v) is 6.67. The topological polar surface area (TPSA) is 74.8 Å². The lowest BCUT2D eigenvalue weighted by atomic mass is 9.96. The van der Waals surface area contributed by atoms with Gasteiger partial charge in [0.1, 0.15) is 0 Å². The molecule has 2 aromatic carbocycles. The first-order valence-corrected chi connectivity index (χ1v) is 8.88. The minimum absolute atomic E-state index is 0.0853. The minimum atomic E-state index is -0.266. The largest absolute Gasteiger partial charge is 0.493 e. The number of hydrogen-bond acceptors (Lipinski definition) is 4. The van der Waals surface area contributed by atoms with Gasteiger partial charge in [-0.3, -0.25) is 4.79 Å². The number of H-pyrrole nitrogens is 1. The summed E-state index contributed by atoms with van der Waals surface area (Å²) in [5.41, 5.74) is 3.76. The summed E-state index contributed by atoms with van der Waals surface area (Å²) >= 11 is 0. The molecule has 0 saturated carbocycles. The first kappa shape index (κ1) is 17.4. The zero-order valence-corrected chi connectivity index (χ0v) is 15.4. The van der Waals surface area contributed by atoms with Gasteiger partial charge in [-0.1, -0.05) is 18.2 Å². The minimum Gasteiger partial charge on any atom is -0.493 e. The highest BCUT2D eigenvalue weighted by Crippen LogP contribution is 2.32. The molecule has 0 spiro atoms. The number of hydrogen-bond donors (Lipinski definition) is 2. The third-order valence-electron chi connectivity index (χ3n) is 5.21. The molecule has 27 heavy (non-hydrogen) atoms. The highest BCUT2D eigenvalue weighted by atomic mass is 16.5. The highest BCUT2D eigenvalue weighted by Gasteiger charge is 2.32. The molecular formula is C21H22N2O4. The molecular weight excluding hydrogens is 344 g/mol. The Morgan fingerprint density at radius 3 is 2.70 bits per heavy atom. The zero-order valence-electron chi connectivity index (χ0n) is 15.4. The molecule has 6 nitrogen and oxygen atoms in total. The number of nitrogens with zero attached hydrogens (tertiary/aromatic N) is 1. The number of aliphatic hydroxyl groups excluding tert-OH is 1. The van der Waals surface area contributed by atoms with Gasteiger partial charge in [0.05, 0.1) is 33.4 Å². The van der Waals surface area contributed by atoms with Crippen molar-refractivity contribution in [2.75, 3.05) is 20.8 Å². The lowest BCUT2D eigenvalue weighted by Gasteiger charge is -2.35. The molecule has 0 saturated heterocycles. The van der Waals surface area contributed by atoms with Gasteiger partial charge in [-0.05, 0) is 36.2 Å². The Morgan fingerprint density at radius 2 is 1.96 bits per heavy atom. The number of nitrogens with one attached hydrogen (secondary N) is 1. The third-order valence-corrected chi connectivity index (χ3v) is 5.21. The number of fused-ring (bicyclic) bond motifs is 3. The number of carbonyl (C=O) groups is 1. The molecule has 1 aliphatic rings. The van der Waals surface area contributed by atoms with Gasteiger partial charge in [0.25, 0.3) is 5.91 Å². The van der Waals surface area contributed by atoms with Crippen molar-refractivity contribution >= 4 is 16.8 Å². The van der Waals surface area contributed by atoms with Crippen molar-refractivity contribution in [1.29, 1.82) is 0 Å². The van der Waals surface area contributed by atoms with Crippen LogP contribution in [-0.2, 0) is 13.0 Å². The predicted octanol–water partition coefficient (Wildman–Crippen LogP) is 2.74. The molecule has 3 aromatic rings. The van der Waals surface area contributed by atoms with Crippen LogP contribution < -0.4 is 9.47 Å². The van der Waals surface area contributed by atoms with Crippen molar-refractivity contribution in [1.82, 2.24) is 9.88 Å². The van der Waals surface area contributed by atoms with Crippen molar-refractivity contribution in [3.63, 3.8) is 0 Å². The van der Waals surface area contributed by atoms with Crippen LogP contribution in [0.3, 0.4) is 0 Å². The van der Waals surface area contributed by atoms with Gasteiger partial charge in [0.2, 0.25) is 0 Å². The Hall–Kier alpha value is -2.99. The fraction of sp³-hybridized carbons (Fsp3) is 0.286. The molecule has 2 heterocycles. The number of carbonyl (C=O) groups excluding carboxylic acids is 1. The standard InChI is InChI=1S/C21H22N2O4/c1-26-19-8-7-13(9-20(19)27-2)21(25)23-11-18-16(10-14(23)12-24)15-5-3-4-6-17(15)22-18/h3-9,14,22,24H,10-12H2,1-2H3. The molecule has 0 radical (unpaired) electrons. The molecule has 2 N–H and O–H groups in total. The van der Waals surface area contributed by atoms with Gasteiger partial charge < -0.3 is 24.5 Å². The number of para-hydroxylation sites is 1. The van der Waals surface area contributed by atoms with Gasteiger partial charge in [-0.2, -0.15) is 0 Å². The number of rotatable bonds is 4. The van der Waals surface area contributed by atoms with E-state index in [1.54, 1.807) is 37.3 Å². The summed E-state index contributed by atoms with van der Waals surface area (Å²) in [7, 11) is 3.10. The average molecular weight is 366 g/mol. The molecule has 6 heteroatoms. The van der Waals surface area contributed by atoms with E-state index in [0.29, 0.717) is 30.0 Å². The third kappa shape index (κ3) is 2.92. The van der Waals surface area contributed by atoms with Crippen molar-refractivity contribution in [3.8, 4) is 11.5 Å². The van der Waals surface area contributed by atoms with Gasteiger partial charge in [-0.15, -0.1) is 0 Å². The SMILES string of the molecule is COc1ccc(C(=O)N2Cc3[nH]c4ccccc4c3CC2CO)cc1OC. The fourth-order valence-corrected chi connectivity index (χ4v) is 3.81. The van der Waals surface area contributed by atoms with Crippen molar-refractivity contribution in [3.05, 3.63) is 59.3 Å². The van der Waals surface area contributed by atoms with Crippen LogP contribution in [0.4, 0.5) is 0 Å². The van der Waals surface area contributed by atoms with Gasteiger partial charge in [0.15, 0.2) is 11.5 Å². The summed E-state index contributed by atoms with van der Waals surface area (Å²) in [6.45, 7) is 0.348. The van der Waals surface area contributed by atoms with Crippen molar-refractivity contribution in [2.24, 2.45) is 0 Å². The molecule has 1 aromatic heterocycles. The Balaban J connectivity index is 1.69. The van der Waals surface area contributed by atoms with Crippen LogP contribution >= 0.6 is 0 Å². The molecule has 1 amide bonds. The summed E-state index contributed by atoms with van der Waals surface area (Å²) in [5, 5.41) is 11.1. The molecule has 140 valence electrons. The summed E-state index contributed by atoms with van der Waals surface area (Å²) in [5.74, 6) is 0.941. The summed E-state index contributed by atoms with van der Waals surface area (Å²) in [4.78, 5) is 18.3. The van der Waals surface area contributed by atoms with Crippen LogP contribution in [0, 0.1) is 0 Å². The molecule has 1 unspecified atom stereocenters. The molecule has 1 atom stereocenters. The number of ether oxygens (including phenoxy) is 2. The van der Waals surface area contributed by atoms with E-state index in [1.807, 2.05) is 18.2 Å². The molecule has 0 bridgehead atoms. The summed E-state index contributed by atoms with van der Waals surface area (Å²) in [6, 6.07) is 12.9. The van der Waals surface area contributed by atoms with Gasteiger partial charge >= 0.3 is 0 Å². The van der Waals surface area contributed by atoms with Crippen LogP contribution in [0.5, 0.6) is 11.5 Å². The van der Waals surface area contributed by atoms with Crippen LogP contribution in [0.2, 0.25) is 0 Å². The Bertz CT molecular complexity index is 995. The van der Waals surface area contributed by atoms with Crippen LogP contribution in [-0.4, -0.2) is 47.8 Å². The maximum Gasteiger partial charge on any atom is 0.254 e. The van der Waals surface area contributed by atoms with Crippen LogP contribution in [0.25, 0.3) is 10.9 Å². The van der Waals surface area contributed by atoms with Crippen molar-refractivity contribution < 1.29 is 19.4 Å². The predicted molar refractivity (Wildman–Crippen MR) is 102 cm³/mol. The summed E-state index contributed by atoms with van der Waals surface area (Å²) < 4.78 is 10.6. The molecule has 0 fully saturated rings. The average Bonchev–Trinajstić information content (AvgIpc) is 3.09. The molecule has 4 rings (SSSR count). The Morgan fingerprint density at radius 1 is 1.19 bits per heavy atom. The number of aromatic nitrogens is 1. The lowest BCUT2D eigenvalue weighted by Crippen LogP contribution is -2.46. The number of aliphatic hydroxyl groups is 1. The van der Waals surface area contributed by atoms with E-state index >= 15 is 0 Å². The highest BCUT2D eigenvalue weighted by molar-refractivity contribution is 5.95. The van der Waals surface area contributed by atoms with Gasteiger partial charge in [-0.25, -0.2) is 0 Å². The maximum atomic E-state index is 13.2. The lowest BCUT2D eigenvalue weighted by molar-refractivity contribution is 0.0541. The van der Waals surface area contributed by atoms with E-state index < -0.39 is 0 Å². The Kier molecular flexibility index (Phi) is 4.49. The number of aromatic amines is 1. The molecule has 1 aliphatic heterocycles. The maximum absolute atomic E-state index is 13.2. The monoisotopic (exact) mass is 366 g/mol. The zero-order chi connectivity index (χ0) is 19.0. The van der Waals surface area contributed by atoms with E-state index in [4.69, 9.17) is 9.47 Å². The van der Waals surface area contributed by atoms with E-state index in [2.05, 4.69) is 11.1 Å². The van der Waals surface area contributed by atoms with E-state index in [0.717, 1.165) is 16.6 Å². The first-order chi connectivity index (χ1) is 13.2. The van der Waals surface area contributed by atoms with Gasteiger partial charge in [0, 0.05) is 22.2 Å². The normalized spacial score (nSPS) is 16.3. The number of amides is 1. The second-order valence-electron chi connectivity index (χ2n) is 6.67. The summed E-state index contributed by atoms with van der Waals surface area (Å²) in [6.07, 6.45) is 0.620. The van der Waals surface area contributed by atoms with E-state index in [-0.39, 0.29) is 18.6 Å². The first-order valence-electron chi connectivity index (χ1n) is 8.88. The molecule has 0 aliphatic carbocycles.